The molecule has 0 fully saturated rings. The van der Waals surface area contributed by atoms with Crippen molar-refractivity contribution in [1.82, 2.24) is 0 Å². The minimum absolute atomic E-state index is 0.531. The normalized spacial score (nSPS) is 10.5. The van der Waals surface area contributed by atoms with Crippen LogP contribution < -0.4 is 10.5 Å². The SMILES string of the molecule is Nc1c(OCc2ccccc2)ccc2ccccc12. The first-order chi connectivity index (χ1) is 9.34. The van der Waals surface area contributed by atoms with Gasteiger partial charge in [-0.15, -0.1) is 0 Å². The lowest BCUT2D eigenvalue weighted by Crippen LogP contribution is -1.99. The van der Waals surface area contributed by atoms with Gasteiger partial charge in [-0.3, -0.25) is 0 Å². The minimum atomic E-state index is 0.531. The van der Waals surface area contributed by atoms with Crippen LogP contribution in [0, 0.1) is 0 Å². The maximum absolute atomic E-state index is 6.16. The van der Waals surface area contributed by atoms with Gasteiger partial charge in [-0.1, -0.05) is 60.7 Å². The molecule has 0 saturated heterocycles. The molecule has 2 heteroatoms. The second kappa shape index (κ2) is 5.02. The lowest BCUT2D eigenvalue weighted by molar-refractivity contribution is 0.308. The Kier molecular flexibility index (Phi) is 3.07. The molecular weight excluding hydrogens is 234 g/mol. The molecule has 19 heavy (non-hydrogen) atoms. The monoisotopic (exact) mass is 249 g/mol. The largest absolute Gasteiger partial charge is 0.487 e. The number of benzene rings is 3. The van der Waals surface area contributed by atoms with Crippen LogP contribution in [0.15, 0.2) is 66.7 Å². The number of hydrogen-bond donors (Lipinski definition) is 1. The van der Waals surface area contributed by atoms with Crippen molar-refractivity contribution in [1.29, 1.82) is 0 Å². The van der Waals surface area contributed by atoms with Crippen LogP contribution in [0.2, 0.25) is 0 Å². The van der Waals surface area contributed by atoms with Gasteiger partial charge in [-0.25, -0.2) is 0 Å². The van der Waals surface area contributed by atoms with Crippen LogP contribution in [0.4, 0.5) is 5.69 Å². The third-order valence-corrected chi connectivity index (χ3v) is 3.17. The summed E-state index contributed by atoms with van der Waals surface area (Å²) in [5, 5.41) is 2.17. The van der Waals surface area contributed by atoms with Crippen molar-refractivity contribution in [2.45, 2.75) is 6.61 Å². The quantitative estimate of drug-likeness (QED) is 0.712. The molecular formula is C17H15NO. The number of ether oxygens (including phenoxy) is 1. The molecule has 0 aliphatic carbocycles. The fraction of sp³-hybridized carbons (Fsp3) is 0.0588. The van der Waals surface area contributed by atoms with Gasteiger partial charge in [-0.2, -0.15) is 0 Å². The van der Waals surface area contributed by atoms with Crippen molar-refractivity contribution < 1.29 is 4.74 Å². The van der Waals surface area contributed by atoms with Crippen LogP contribution in [-0.2, 0) is 6.61 Å². The zero-order valence-electron chi connectivity index (χ0n) is 10.5. The van der Waals surface area contributed by atoms with Gasteiger partial charge in [0.15, 0.2) is 0 Å². The standard InChI is InChI=1S/C17H15NO/c18-17-15-9-5-4-8-14(15)10-11-16(17)19-12-13-6-2-1-3-7-13/h1-11H,12,18H2. The number of fused-ring (bicyclic) bond motifs is 1. The molecule has 0 aliphatic rings. The Morgan fingerprint density at radius 1 is 0.789 bits per heavy atom. The van der Waals surface area contributed by atoms with Gasteiger partial charge in [0.25, 0.3) is 0 Å². The average molecular weight is 249 g/mol. The Morgan fingerprint density at radius 3 is 2.37 bits per heavy atom. The molecule has 3 aromatic rings. The van der Waals surface area contributed by atoms with E-state index in [0.29, 0.717) is 12.3 Å². The van der Waals surface area contributed by atoms with Crippen molar-refractivity contribution in [2.24, 2.45) is 0 Å². The van der Waals surface area contributed by atoms with E-state index in [1.165, 1.54) is 0 Å². The average Bonchev–Trinajstić information content (AvgIpc) is 2.48. The predicted molar refractivity (Wildman–Crippen MR) is 79.1 cm³/mol. The van der Waals surface area contributed by atoms with Crippen LogP contribution in [0.3, 0.4) is 0 Å². The summed E-state index contributed by atoms with van der Waals surface area (Å²) in [4.78, 5) is 0. The highest BCUT2D eigenvalue weighted by molar-refractivity contribution is 5.95. The number of nitrogen functional groups attached to an aromatic ring is 1. The zero-order chi connectivity index (χ0) is 13.1. The molecule has 0 saturated carbocycles. The summed E-state index contributed by atoms with van der Waals surface area (Å²) in [6.45, 7) is 0.531. The van der Waals surface area contributed by atoms with E-state index in [9.17, 15) is 0 Å². The maximum Gasteiger partial charge on any atom is 0.143 e. The van der Waals surface area contributed by atoms with Crippen LogP contribution in [-0.4, -0.2) is 0 Å². The molecule has 0 spiro atoms. The predicted octanol–water partition coefficient (Wildman–Crippen LogP) is 4.00. The Morgan fingerprint density at radius 2 is 1.53 bits per heavy atom. The van der Waals surface area contributed by atoms with E-state index < -0.39 is 0 Å². The van der Waals surface area contributed by atoms with Gasteiger partial charge in [0.05, 0.1) is 5.69 Å². The fourth-order valence-electron chi connectivity index (χ4n) is 2.14. The summed E-state index contributed by atoms with van der Waals surface area (Å²) in [5.74, 6) is 0.738. The summed E-state index contributed by atoms with van der Waals surface area (Å²) < 4.78 is 5.81. The zero-order valence-corrected chi connectivity index (χ0v) is 10.5. The molecule has 0 aliphatic heterocycles. The van der Waals surface area contributed by atoms with E-state index in [-0.39, 0.29) is 0 Å². The molecule has 0 bridgehead atoms. The summed E-state index contributed by atoms with van der Waals surface area (Å²) in [6.07, 6.45) is 0. The van der Waals surface area contributed by atoms with Gasteiger partial charge in [0, 0.05) is 5.39 Å². The molecule has 0 radical (unpaired) electrons. The van der Waals surface area contributed by atoms with E-state index in [0.717, 1.165) is 22.1 Å². The van der Waals surface area contributed by atoms with Crippen molar-refractivity contribution in [3.63, 3.8) is 0 Å². The van der Waals surface area contributed by atoms with Crippen molar-refractivity contribution >= 4 is 16.5 Å². The van der Waals surface area contributed by atoms with E-state index in [1.807, 2.05) is 66.7 Å². The highest BCUT2D eigenvalue weighted by atomic mass is 16.5. The Balaban J connectivity index is 1.87. The molecule has 3 aromatic carbocycles. The second-order valence-electron chi connectivity index (χ2n) is 4.47. The summed E-state index contributed by atoms with van der Waals surface area (Å²) in [5.41, 5.74) is 8.00. The van der Waals surface area contributed by atoms with Gasteiger partial charge >= 0.3 is 0 Å². The van der Waals surface area contributed by atoms with E-state index >= 15 is 0 Å². The Hall–Kier alpha value is -2.48. The molecule has 0 unspecified atom stereocenters. The van der Waals surface area contributed by atoms with Gasteiger partial charge in [0.1, 0.15) is 12.4 Å². The van der Waals surface area contributed by atoms with Crippen LogP contribution in [0.1, 0.15) is 5.56 Å². The molecule has 3 rings (SSSR count). The molecule has 0 amide bonds. The lowest BCUT2D eigenvalue weighted by Gasteiger charge is -2.11. The van der Waals surface area contributed by atoms with Crippen LogP contribution in [0.25, 0.3) is 10.8 Å². The molecule has 0 aromatic heterocycles. The minimum Gasteiger partial charge on any atom is -0.487 e. The van der Waals surface area contributed by atoms with Crippen LogP contribution in [0.5, 0.6) is 5.75 Å². The summed E-state index contributed by atoms with van der Waals surface area (Å²) in [7, 11) is 0. The highest BCUT2D eigenvalue weighted by Gasteiger charge is 2.05. The van der Waals surface area contributed by atoms with E-state index in [4.69, 9.17) is 10.5 Å². The lowest BCUT2D eigenvalue weighted by atomic mass is 10.1. The number of anilines is 1. The van der Waals surface area contributed by atoms with E-state index in [1.54, 1.807) is 0 Å². The second-order valence-corrected chi connectivity index (χ2v) is 4.47. The highest BCUT2D eigenvalue weighted by Crippen LogP contribution is 2.30. The van der Waals surface area contributed by atoms with Gasteiger partial charge in [0.2, 0.25) is 0 Å². The third kappa shape index (κ3) is 2.38. The van der Waals surface area contributed by atoms with Crippen LogP contribution >= 0.6 is 0 Å². The number of hydrogen-bond acceptors (Lipinski definition) is 2. The van der Waals surface area contributed by atoms with Gasteiger partial charge in [-0.05, 0) is 17.0 Å². The van der Waals surface area contributed by atoms with Crippen molar-refractivity contribution in [3.8, 4) is 5.75 Å². The summed E-state index contributed by atoms with van der Waals surface area (Å²) >= 11 is 0. The third-order valence-electron chi connectivity index (χ3n) is 3.17. The molecule has 2 N–H and O–H groups in total. The summed E-state index contributed by atoms with van der Waals surface area (Å²) in [6, 6.07) is 22.1. The van der Waals surface area contributed by atoms with Crippen molar-refractivity contribution in [3.05, 3.63) is 72.3 Å². The molecule has 0 heterocycles. The Labute approximate surface area is 112 Å². The maximum atomic E-state index is 6.16. The Bertz CT molecular complexity index is 692. The first-order valence-electron chi connectivity index (χ1n) is 6.28. The number of rotatable bonds is 3. The molecule has 94 valence electrons. The molecule has 2 nitrogen and oxygen atoms in total. The fourth-order valence-corrected chi connectivity index (χ4v) is 2.14. The van der Waals surface area contributed by atoms with E-state index in [2.05, 4.69) is 0 Å². The topological polar surface area (TPSA) is 35.2 Å². The first kappa shape index (κ1) is 11.6. The van der Waals surface area contributed by atoms with Crippen molar-refractivity contribution in [2.75, 3.05) is 5.73 Å². The molecule has 0 atom stereocenters. The first-order valence-corrected chi connectivity index (χ1v) is 6.28. The van der Waals surface area contributed by atoms with Gasteiger partial charge < -0.3 is 10.5 Å². The smallest absolute Gasteiger partial charge is 0.143 e. The number of nitrogens with two attached hydrogens (primary N) is 1.